The van der Waals surface area contributed by atoms with Crippen molar-refractivity contribution in [3.8, 4) is 0 Å². The number of ether oxygens (including phenoxy) is 1. The summed E-state index contributed by atoms with van der Waals surface area (Å²) in [6, 6.07) is 3.26. The topological polar surface area (TPSA) is 55.4 Å². The van der Waals surface area contributed by atoms with Gasteiger partial charge < -0.3 is 10.1 Å². The smallest absolute Gasteiger partial charge is 0.339 e. The lowest BCUT2D eigenvalue weighted by Gasteiger charge is -2.06. The van der Waals surface area contributed by atoms with Crippen molar-refractivity contribution < 1.29 is 14.3 Å². The van der Waals surface area contributed by atoms with E-state index in [9.17, 15) is 9.59 Å². The lowest BCUT2D eigenvalue weighted by atomic mass is 10.1. The lowest BCUT2D eigenvalue weighted by molar-refractivity contribution is -0.115. The average molecular weight is 226 g/mol. The van der Waals surface area contributed by atoms with Gasteiger partial charge >= 0.3 is 5.97 Å². The van der Waals surface area contributed by atoms with E-state index in [2.05, 4.69) is 10.1 Å². The normalized spacial score (nSPS) is 13.3. The molecule has 1 amide bonds. The maximum atomic E-state index is 11.3. The van der Waals surface area contributed by atoms with Gasteiger partial charge in [-0.1, -0.05) is 17.7 Å². The number of esters is 1. The second-order valence-electron chi connectivity index (χ2n) is 3.18. The largest absolute Gasteiger partial charge is 0.465 e. The number of fused-ring (bicyclic) bond motifs is 1. The molecule has 0 fully saturated rings. The monoisotopic (exact) mass is 225 g/mol. The standard InChI is InChI=1S/C10H8ClNO3/c1-15-10(14)6-3-2-5-4-7(13)12-9(5)8(6)11/h2-3H,4H2,1H3,(H,12,13). The van der Waals surface area contributed by atoms with Gasteiger partial charge in [0, 0.05) is 0 Å². The molecule has 4 nitrogen and oxygen atoms in total. The zero-order valence-corrected chi connectivity index (χ0v) is 8.72. The first kappa shape index (κ1) is 9.98. The van der Waals surface area contributed by atoms with Crippen molar-refractivity contribution in [2.75, 3.05) is 12.4 Å². The summed E-state index contributed by atoms with van der Waals surface area (Å²) < 4.78 is 4.57. The Morgan fingerprint density at radius 2 is 2.27 bits per heavy atom. The van der Waals surface area contributed by atoms with E-state index in [1.54, 1.807) is 12.1 Å². The molecule has 1 N–H and O–H groups in total. The molecule has 0 saturated heterocycles. The summed E-state index contributed by atoms with van der Waals surface area (Å²) in [5.41, 5.74) is 1.59. The number of anilines is 1. The van der Waals surface area contributed by atoms with Gasteiger partial charge in [0.2, 0.25) is 5.91 Å². The molecule has 0 bridgehead atoms. The Hall–Kier alpha value is -1.55. The van der Waals surface area contributed by atoms with Crippen LogP contribution < -0.4 is 5.32 Å². The summed E-state index contributed by atoms with van der Waals surface area (Å²) in [6.45, 7) is 0. The van der Waals surface area contributed by atoms with Crippen molar-refractivity contribution in [3.63, 3.8) is 0 Å². The number of rotatable bonds is 1. The number of amides is 1. The predicted molar refractivity (Wildman–Crippen MR) is 55.1 cm³/mol. The Morgan fingerprint density at radius 3 is 2.93 bits per heavy atom. The van der Waals surface area contributed by atoms with E-state index in [1.165, 1.54) is 7.11 Å². The number of carbonyl (C=O) groups excluding carboxylic acids is 2. The number of hydrogen-bond acceptors (Lipinski definition) is 3. The van der Waals surface area contributed by atoms with Gasteiger partial charge in [-0.05, 0) is 11.6 Å². The van der Waals surface area contributed by atoms with Crippen LogP contribution in [0.3, 0.4) is 0 Å². The van der Waals surface area contributed by atoms with Crippen LogP contribution in [0, 0.1) is 0 Å². The molecular formula is C10H8ClNO3. The van der Waals surface area contributed by atoms with E-state index in [-0.39, 0.29) is 16.5 Å². The molecule has 2 rings (SSSR count). The molecule has 1 aliphatic heterocycles. The van der Waals surface area contributed by atoms with E-state index in [0.29, 0.717) is 12.1 Å². The van der Waals surface area contributed by atoms with Gasteiger partial charge in [-0.25, -0.2) is 4.79 Å². The number of halogens is 1. The van der Waals surface area contributed by atoms with Crippen LogP contribution in [0.25, 0.3) is 0 Å². The number of nitrogens with one attached hydrogen (secondary N) is 1. The van der Waals surface area contributed by atoms with Crippen LogP contribution in [0.15, 0.2) is 12.1 Å². The molecule has 0 saturated carbocycles. The highest BCUT2D eigenvalue weighted by Crippen LogP contribution is 2.34. The second-order valence-corrected chi connectivity index (χ2v) is 3.56. The summed E-state index contributed by atoms with van der Waals surface area (Å²) in [7, 11) is 1.28. The van der Waals surface area contributed by atoms with E-state index < -0.39 is 5.97 Å². The summed E-state index contributed by atoms with van der Waals surface area (Å²) in [5.74, 6) is -0.627. The maximum Gasteiger partial charge on any atom is 0.339 e. The SMILES string of the molecule is COC(=O)c1ccc2c(c1Cl)NC(=O)C2. The molecule has 0 spiro atoms. The Labute approximate surface area is 91.2 Å². The molecule has 1 heterocycles. The van der Waals surface area contributed by atoms with Gasteiger partial charge in [0.15, 0.2) is 0 Å². The fourth-order valence-corrected chi connectivity index (χ4v) is 1.83. The maximum absolute atomic E-state index is 11.3. The molecule has 1 aromatic carbocycles. The minimum absolute atomic E-state index is 0.117. The number of hydrogen-bond donors (Lipinski definition) is 1. The summed E-state index contributed by atoms with van der Waals surface area (Å²) in [6.07, 6.45) is 0.302. The Kier molecular flexibility index (Phi) is 2.36. The molecule has 0 unspecified atom stereocenters. The van der Waals surface area contributed by atoms with Crippen LogP contribution >= 0.6 is 11.6 Å². The van der Waals surface area contributed by atoms with E-state index in [4.69, 9.17) is 11.6 Å². The lowest BCUT2D eigenvalue weighted by Crippen LogP contribution is -2.05. The zero-order chi connectivity index (χ0) is 11.0. The van der Waals surface area contributed by atoms with E-state index in [0.717, 1.165) is 5.56 Å². The average Bonchev–Trinajstić information content (AvgIpc) is 2.59. The van der Waals surface area contributed by atoms with Gasteiger partial charge in [0.05, 0.1) is 29.8 Å². The van der Waals surface area contributed by atoms with Gasteiger partial charge in [0.1, 0.15) is 0 Å². The van der Waals surface area contributed by atoms with Crippen LogP contribution in [-0.2, 0) is 16.0 Å². The number of methoxy groups -OCH3 is 1. The molecule has 0 aliphatic carbocycles. The molecule has 1 aliphatic rings. The van der Waals surface area contributed by atoms with Crippen LogP contribution in [0.2, 0.25) is 5.02 Å². The first-order valence-electron chi connectivity index (χ1n) is 4.33. The van der Waals surface area contributed by atoms with Crippen LogP contribution in [0.5, 0.6) is 0 Å². The van der Waals surface area contributed by atoms with Crippen molar-refractivity contribution in [1.29, 1.82) is 0 Å². The van der Waals surface area contributed by atoms with Crippen molar-refractivity contribution >= 4 is 29.2 Å². The molecular weight excluding hydrogens is 218 g/mol. The molecule has 0 atom stereocenters. The zero-order valence-electron chi connectivity index (χ0n) is 7.96. The Balaban J connectivity index is 2.51. The third kappa shape index (κ3) is 1.57. The molecule has 15 heavy (non-hydrogen) atoms. The summed E-state index contributed by atoms with van der Waals surface area (Å²) in [4.78, 5) is 22.4. The quantitative estimate of drug-likeness (QED) is 0.739. The third-order valence-electron chi connectivity index (χ3n) is 2.25. The molecule has 1 aromatic rings. The first-order valence-corrected chi connectivity index (χ1v) is 4.71. The highest BCUT2D eigenvalue weighted by molar-refractivity contribution is 6.37. The van der Waals surface area contributed by atoms with Crippen LogP contribution in [-0.4, -0.2) is 19.0 Å². The Morgan fingerprint density at radius 1 is 1.53 bits per heavy atom. The highest BCUT2D eigenvalue weighted by atomic mass is 35.5. The fourth-order valence-electron chi connectivity index (χ4n) is 1.52. The van der Waals surface area contributed by atoms with Gasteiger partial charge in [0.25, 0.3) is 0 Å². The van der Waals surface area contributed by atoms with Crippen molar-refractivity contribution in [3.05, 3.63) is 28.3 Å². The van der Waals surface area contributed by atoms with Gasteiger partial charge in [-0.2, -0.15) is 0 Å². The van der Waals surface area contributed by atoms with E-state index in [1.807, 2.05) is 0 Å². The molecule has 0 radical (unpaired) electrons. The molecule has 5 heteroatoms. The van der Waals surface area contributed by atoms with Crippen molar-refractivity contribution in [1.82, 2.24) is 0 Å². The Bertz CT molecular complexity index is 456. The molecule has 78 valence electrons. The van der Waals surface area contributed by atoms with Gasteiger partial charge in [-0.3, -0.25) is 4.79 Å². The number of benzene rings is 1. The summed E-state index contributed by atoms with van der Waals surface area (Å²) in [5, 5.41) is 2.85. The summed E-state index contributed by atoms with van der Waals surface area (Å²) >= 11 is 5.98. The minimum atomic E-state index is -0.510. The fraction of sp³-hybridized carbons (Fsp3) is 0.200. The van der Waals surface area contributed by atoms with Crippen LogP contribution in [0.1, 0.15) is 15.9 Å². The van der Waals surface area contributed by atoms with Crippen molar-refractivity contribution in [2.24, 2.45) is 0 Å². The van der Waals surface area contributed by atoms with Gasteiger partial charge in [-0.15, -0.1) is 0 Å². The second kappa shape index (κ2) is 3.55. The third-order valence-corrected chi connectivity index (χ3v) is 2.64. The van der Waals surface area contributed by atoms with E-state index >= 15 is 0 Å². The minimum Gasteiger partial charge on any atom is -0.465 e. The van der Waals surface area contributed by atoms with Crippen molar-refractivity contribution in [2.45, 2.75) is 6.42 Å². The highest BCUT2D eigenvalue weighted by Gasteiger charge is 2.24. The molecule has 0 aromatic heterocycles. The van der Waals surface area contributed by atoms with Crippen LogP contribution in [0.4, 0.5) is 5.69 Å². The first-order chi connectivity index (χ1) is 7.13. The predicted octanol–water partition coefficient (Wildman–Crippen LogP) is 1.62. The number of carbonyl (C=O) groups is 2.